The number of nitrogens with one attached hydrogen (secondary N) is 1. The lowest BCUT2D eigenvalue weighted by molar-refractivity contribution is -0.143. The van der Waals surface area contributed by atoms with E-state index in [4.69, 9.17) is 5.11 Å². The number of carbonyl (C=O) groups is 2. The molecule has 0 rings (SSSR count). The molecule has 0 aromatic rings. The minimum atomic E-state index is -0.918. The second-order valence-electron chi connectivity index (χ2n) is 4.21. The summed E-state index contributed by atoms with van der Waals surface area (Å²) < 4.78 is 0. The highest BCUT2D eigenvalue weighted by Crippen LogP contribution is 2.03. The number of hydrogen-bond acceptors (Lipinski definition) is 2. The highest BCUT2D eigenvalue weighted by atomic mass is 16.4. The number of amides is 1. The molecule has 0 aliphatic rings. The van der Waals surface area contributed by atoms with Crippen LogP contribution in [0.4, 0.5) is 0 Å². The topological polar surface area (TPSA) is 66.4 Å². The molecule has 0 saturated carbocycles. The SMILES string of the molecule is CCCCCCCNC(=O)CC(C)C(=O)O. The fourth-order valence-electron chi connectivity index (χ4n) is 1.39. The standard InChI is InChI=1S/C12H23NO3/c1-3-4-5-6-7-8-13-11(14)9-10(2)12(15)16/h10H,3-9H2,1-2H3,(H,13,14)(H,15,16). The van der Waals surface area contributed by atoms with Crippen LogP contribution >= 0.6 is 0 Å². The predicted molar refractivity (Wildman–Crippen MR) is 63.2 cm³/mol. The molecule has 4 heteroatoms. The number of carboxylic acids is 1. The smallest absolute Gasteiger partial charge is 0.306 e. The second-order valence-corrected chi connectivity index (χ2v) is 4.21. The van der Waals surface area contributed by atoms with Crippen molar-refractivity contribution in [2.24, 2.45) is 5.92 Å². The summed E-state index contributed by atoms with van der Waals surface area (Å²) in [5.74, 6) is -1.68. The van der Waals surface area contributed by atoms with Crippen molar-refractivity contribution < 1.29 is 14.7 Å². The molecule has 4 nitrogen and oxygen atoms in total. The highest BCUT2D eigenvalue weighted by molar-refractivity contribution is 5.81. The molecule has 0 saturated heterocycles. The van der Waals surface area contributed by atoms with Crippen LogP contribution in [0.15, 0.2) is 0 Å². The van der Waals surface area contributed by atoms with Gasteiger partial charge >= 0.3 is 5.97 Å². The Labute approximate surface area is 97.4 Å². The lowest BCUT2D eigenvalue weighted by Crippen LogP contribution is -2.27. The Morgan fingerprint density at radius 3 is 2.38 bits per heavy atom. The van der Waals surface area contributed by atoms with Gasteiger partial charge in [0, 0.05) is 13.0 Å². The van der Waals surface area contributed by atoms with Gasteiger partial charge < -0.3 is 10.4 Å². The minimum absolute atomic E-state index is 0.0737. The van der Waals surface area contributed by atoms with E-state index < -0.39 is 11.9 Å². The zero-order valence-electron chi connectivity index (χ0n) is 10.3. The molecule has 0 aromatic heterocycles. The van der Waals surface area contributed by atoms with Crippen LogP contribution in [0.5, 0.6) is 0 Å². The number of aliphatic carboxylic acids is 1. The van der Waals surface area contributed by atoms with E-state index >= 15 is 0 Å². The van der Waals surface area contributed by atoms with E-state index in [1.807, 2.05) is 0 Å². The molecule has 94 valence electrons. The summed E-state index contributed by atoms with van der Waals surface area (Å²) in [6, 6.07) is 0. The number of unbranched alkanes of at least 4 members (excludes halogenated alkanes) is 4. The summed E-state index contributed by atoms with van der Waals surface area (Å²) in [6.07, 6.45) is 5.84. The summed E-state index contributed by atoms with van der Waals surface area (Å²) in [6.45, 7) is 4.37. The maximum absolute atomic E-state index is 11.3. The van der Waals surface area contributed by atoms with Gasteiger partial charge in [-0.1, -0.05) is 39.5 Å². The van der Waals surface area contributed by atoms with Crippen molar-refractivity contribution in [3.8, 4) is 0 Å². The summed E-state index contributed by atoms with van der Waals surface area (Å²) in [5, 5.41) is 11.4. The van der Waals surface area contributed by atoms with Gasteiger partial charge in [-0.3, -0.25) is 9.59 Å². The molecule has 1 atom stereocenters. The number of carboxylic acid groups (broad SMARTS) is 1. The normalized spacial score (nSPS) is 12.1. The van der Waals surface area contributed by atoms with E-state index in [0.717, 1.165) is 12.8 Å². The molecule has 0 spiro atoms. The Morgan fingerprint density at radius 2 is 1.81 bits per heavy atom. The fourth-order valence-corrected chi connectivity index (χ4v) is 1.39. The third-order valence-corrected chi connectivity index (χ3v) is 2.52. The summed E-state index contributed by atoms with van der Waals surface area (Å²) in [7, 11) is 0. The molecular formula is C12H23NO3. The van der Waals surface area contributed by atoms with Gasteiger partial charge in [0.15, 0.2) is 0 Å². The summed E-state index contributed by atoms with van der Waals surface area (Å²) in [5.41, 5.74) is 0. The average Bonchev–Trinajstić information content (AvgIpc) is 2.23. The van der Waals surface area contributed by atoms with Gasteiger partial charge in [-0.05, 0) is 6.42 Å². The van der Waals surface area contributed by atoms with E-state index in [-0.39, 0.29) is 12.3 Å². The Bertz CT molecular complexity index is 216. The van der Waals surface area contributed by atoms with Gasteiger partial charge in [-0.2, -0.15) is 0 Å². The van der Waals surface area contributed by atoms with Crippen molar-refractivity contribution >= 4 is 11.9 Å². The second kappa shape index (κ2) is 9.19. The van der Waals surface area contributed by atoms with Gasteiger partial charge in [0.25, 0.3) is 0 Å². The first-order valence-corrected chi connectivity index (χ1v) is 6.07. The van der Waals surface area contributed by atoms with Crippen LogP contribution in [0.3, 0.4) is 0 Å². The van der Waals surface area contributed by atoms with Crippen molar-refractivity contribution in [1.29, 1.82) is 0 Å². The van der Waals surface area contributed by atoms with E-state index in [1.54, 1.807) is 6.92 Å². The molecule has 0 radical (unpaired) electrons. The third kappa shape index (κ3) is 8.26. The molecule has 0 bridgehead atoms. The van der Waals surface area contributed by atoms with Crippen molar-refractivity contribution in [3.63, 3.8) is 0 Å². The number of rotatable bonds is 9. The van der Waals surface area contributed by atoms with Crippen LogP contribution in [0.2, 0.25) is 0 Å². The molecule has 0 aliphatic heterocycles. The minimum Gasteiger partial charge on any atom is -0.481 e. The largest absolute Gasteiger partial charge is 0.481 e. The Balaban J connectivity index is 3.40. The van der Waals surface area contributed by atoms with E-state index in [9.17, 15) is 9.59 Å². The van der Waals surface area contributed by atoms with Crippen LogP contribution in [0.1, 0.15) is 52.4 Å². The molecule has 1 unspecified atom stereocenters. The Hall–Kier alpha value is -1.06. The molecule has 0 aromatic carbocycles. The maximum Gasteiger partial charge on any atom is 0.306 e. The molecule has 0 fully saturated rings. The molecule has 1 amide bonds. The number of carbonyl (C=O) groups excluding carboxylic acids is 1. The predicted octanol–water partition coefficient (Wildman–Crippen LogP) is 2.18. The first-order valence-electron chi connectivity index (χ1n) is 6.07. The van der Waals surface area contributed by atoms with Crippen molar-refractivity contribution in [1.82, 2.24) is 5.32 Å². The van der Waals surface area contributed by atoms with Crippen LogP contribution < -0.4 is 5.32 Å². The monoisotopic (exact) mass is 229 g/mol. The first kappa shape index (κ1) is 14.9. The summed E-state index contributed by atoms with van der Waals surface area (Å²) in [4.78, 5) is 21.8. The van der Waals surface area contributed by atoms with Crippen LogP contribution in [-0.4, -0.2) is 23.5 Å². The van der Waals surface area contributed by atoms with E-state index in [0.29, 0.717) is 6.54 Å². The van der Waals surface area contributed by atoms with Crippen molar-refractivity contribution in [3.05, 3.63) is 0 Å². The molecule has 16 heavy (non-hydrogen) atoms. The van der Waals surface area contributed by atoms with E-state index in [1.165, 1.54) is 19.3 Å². The maximum atomic E-state index is 11.3. The molecule has 0 heterocycles. The Morgan fingerprint density at radius 1 is 1.19 bits per heavy atom. The van der Waals surface area contributed by atoms with E-state index in [2.05, 4.69) is 12.2 Å². The Kier molecular flexibility index (Phi) is 8.58. The zero-order chi connectivity index (χ0) is 12.4. The number of hydrogen-bond donors (Lipinski definition) is 2. The lowest BCUT2D eigenvalue weighted by atomic mass is 10.1. The lowest BCUT2D eigenvalue weighted by Gasteiger charge is -2.07. The van der Waals surface area contributed by atoms with Gasteiger partial charge in [-0.25, -0.2) is 0 Å². The third-order valence-electron chi connectivity index (χ3n) is 2.52. The van der Waals surface area contributed by atoms with Gasteiger partial charge in [0.1, 0.15) is 0 Å². The van der Waals surface area contributed by atoms with Crippen LogP contribution in [0.25, 0.3) is 0 Å². The van der Waals surface area contributed by atoms with Gasteiger partial charge in [-0.15, -0.1) is 0 Å². The average molecular weight is 229 g/mol. The highest BCUT2D eigenvalue weighted by Gasteiger charge is 2.14. The fraction of sp³-hybridized carbons (Fsp3) is 0.833. The molecule has 0 aliphatic carbocycles. The molecule has 2 N–H and O–H groups in total. The van der Waals surface area contributed by atoms with Crippen LogP contribution in [0, 0.1) is 5.92 Å². The first-order chi connectivity index (χ1) is 7.57. The van der Waals surface area contributed by atoms with Gasteiger partial charge in [0.05, 0.1) is 5.92 Å². The molecular weight excluding hydrogens is 206 g/mol. The van der Waals surface area contributed by atoms with Gasteiger partial charge in [0.2, 0.25) is 5.91 Å². The quantitative estimate of drug-likeness (QED) is 0.595. The van der Waals surface area contributed by atoms with Crippen molar-refractivity contribution in [2.75, 3.05) is 6.54 Å². The summed E-state index contributed by atoms with van der Waals surface area (Å²) >= 11 is 0. The van der Waals surface area contributed by atoms with Crippen molar-refractivity contribution in [2.45, 2.75) is 52.4 Å². The zero-order valence-corrected chi connectivity index (χ0v) is 10.3. The van der Waals surface area contributed by atoms with Crippen LogP contribution in [-0.2, 0) is 9.59 Å².